The molecule has 0 amide bonds. The molecule has 0 aromatic heterocycles. The molecule has 0 aliphatic carbocycles. The number of esters is 2. The molecule has 3 aromatic rings. The number of benzene rings is 3. The third kappa shape index (κ3) is 6.76. The average Bonchev–Trinajstić information content (AvgIpc) is 3.11. The van der Waals surface area contributed by atoms with Crippen LogP contribution in [-0.4, -0.2) is 58.9 Å². The Balaban J connectivity index is 0.000000180. The number of rotatable bonds is 6. The molecule has 7 heteroatoms. The zero-order valence-corrected chi connectivity index (χ0v) is 20.9. The molecule has 0 radical (unpaired) electrons. The van der Waals surface area contributed by atoms with Gasteiger partial charge < -0.3 is 24.6 Å². The fraction of sp³-hybridized carbons (Fsp3) is 0.333. The number of ether oxygens (including phenoxy) is 2. The van der Waals surface area contributed by atoms with Crippen LogP contribution in [0.25, 0.3) is 0 Å². The summed E-state index contributed by atoms with van der Waals surface area (Å²) in [5.41, 5.74) is 0.979. The molecule has 2 bridgehead atoms. The summed E-state index contributed by atoms with van der Waals surface area (Å²) in [5.74, 6) is -1.05. The number of nitrogens with zero attached hydrogens (tertiary/aromatic N) is 1. The highest BCUT2D eigenvalue weighted by atomic mass is 16.5. The minimum atomic E-state index is -0.566. The number of piperidine rings is 1. The maximum absolute atomic E-state index is 12.4. The summed E-state index contributed by atoms with van der Waals surface area (Å²) in [7, 11) is 2.17. The molecule has 3 aromatic carbocycles. The van der Waals surface area contributed by atoms with Gasteiger partial charge in [-0.2, -0.15) is 0 Å². The van der Waals surface area contributed by atoms with Crippen molar-refractivity contribution in [3.63, 3.8) is 0 Å². The molecule has 2 aliphatic rings. The Labute approximate surface area is 217 Å². The molecule has 37 heavy (non-hydrogen) atoms. The quantitative estimate of drug-likeness (QED) is 0.377. The highest BCUT2D eigenvalue weighted by Crippen LogP contribution is 2.36. The highest BCUT2D eigenvalue weighted by Gasteiger charge is 2.40. The number of phenolic OH excluding ortho intramolecular Hbond substituents is 1. The number of carbonyl (C=O) groups is 2. The second-order valence-corrected chi connectivity index (χ2v) is 9.45. The van der Waals surface area contributed by atoms with Crippen molar-refractivity contribution in [2.75, 3.05) is 13.7 Å². The molecule has 7 nitrogen and oxygen atoms in total. The molecular weight excluding hydrogens is 470 g/mol. The van der Waals surface area contributed by atoms with E-state index in [-0.39, 0.29) is 30.0 Å². The Morgan fingerprint density at radius 3 is 2.05 bits per heavy atom. The minimum Gasteiger partial charge on any atom is -0.507 e. The first kappa shape index (κ1) is 26.4. The van der Waals surface area contributed by atoms with Crippen molar-refractivity contribution in [3.8, 4) is 11.5 Å². The molecule has 194 valence electrons. The van der Waals surface area contributed by atoms with Crippen LogP contribution in [-0.2, 0) is 9.53 Å². The number of aliphatic hydroxyl groups excluding tert-OH is 1. The van der Waals surface area contributed by atoms with Crippen LogP contribution in [0.15, 0.2) is 84.9 Å². The van der Waals surface area contributed by atoms with Crippen molar-refractivity contribution < 1.29 is 29.3 Å². The van der Waals surface area contributed by atoms with Gasteiger partial charge in [-0.15, -0.1) is 0 Å². The van der Waals surface area contributed by atoms with Gasteiger partial charge in [-0.1, -0.05) is 60.7 Å². The number of aromatic hydroxyl groups is 1. The van der Waals surface area contributed by atoms with Crippen molar-refractivity contribution in [1.29, 1.82) is 0 Å². The predicted octanol–water partition coefficient (Wildman–Crippen LogP) is 4.54. The lowest BCUT2D eigenvalue weighted by molar-refractivity contribution is -0.155. The van der Waals surface area contributed by atoms with E-state index in [4.69, 9.17) is 9.47 Å². The van der Waals surface area contributed by atoms with Gasteiger partial charge in [-0.3, -0.25) is 4.79 Å². The van der Waals surface area contributed by atoms with Crippen LogP contribution < -0.4 is 4.74 Å². The van der Waals surface area contributed by atoms with E-state index in [1.165, 1.54) is 25.0 Å². The van der Waals surface area contributed by atoms with Crippen molar-refractivity contribution in [3.05, 3.63) is 96.1 Å². The maximum atomic E-state index is 12.4. The van der Waals surface area contributed by atoms with Gasteiger partial charge in [0.1, 0.15) is 29.1 Å². The second-order valence-electron chi connectivity index (χ2n) is 9.45. The van der Waals surface area contributed by atoms with Crippen LogP contribution in [0.3, 0.4) is 0 Å². The van der Waals surface area contributed by atoms with E-state index in [9.17, 15) is 19.8 Å². The van der Waals surface area contributed by atoms with Crippen LogP contribution in [0.4, 0.5) is 0 Å². The summed E-state index contributed by atoms with van der Waals surface area (Å²) in [6.45, 7) is -0.206. The fourth-order valence-electron chi connectivity index (χ4n) is 5.00. The Morgan fingerprint density at radius 2 is 1.46 bits per heavy atom. The van der Waals surface area contributed by atoms with E-state index >= 15 is 0 Å². The number of phenols is 1. The molecular formula is C30H33NO6. The maximum Gasteiger partial charge on any atom is 0.347 e. The van der Waals surface area contributed by atoms with Gasteiger partial charge in [0.25, 0.3) is 0 Å². The monoisotopic (exact) mass is 503 g/mol. The summed E-state index contributed by atoms with van der Waals surface area (Å²) in [6.07, 6.45) is 4.26. The van der Waals surface area contributed by atoms with Crippen molar-refractivity contribution in [1.82, 2.24) is 4.90 Å². The Bertz CT molecular complexity index is 1150. The standard InChI is InChI=1S/C17H23NO3.C13H10O3/c1-18-13-7-8-14(18)10-15(9-13)21-17(20)16(11-19)12-5-3-2-4-6-12;14-12-9-5-4-8-11(12)13(15)16-10-6-2-1-3-7-10/h2-6,13-16,19H,7-11H2,1H3;1-9,14H/t13?,14?,15?,16-;/m1./s1. The van der Waals surface area contributed by atoms with Crippen LogP contribution in [0, 0.1) is 0 Å². The third-order valence-corrected chi connectivity index (χ3v) is 7.08. The Kier molecular flexibility index (Phi) is 8.93. The summed E-state index contributed by atoms with van der Waals surface area (Å²) in [4.78, 5) is 26.4. The van der Waals surface area contributed by atoms with Crippen LogP contribution >= 0.6 is 0 Å². The molecule has 2 fully saturated rings. The van der Waals surface area contributed by atoms with Gasteiger partial charge in [0.2, 0.25) is 0 Å². The molecule has 2 aliphatic heterocycles. The molecule has 3 atom stereocenters. The normalized spacial score (nSPS) is 21.3. The first-order valence-electron chi connectivity index (χ1n) is 12.6. The van der Waals surface area contributed by atoms with Gasteiger partial charge >= 0.3 is 11.9 Å². The van der Waals surface area contributed by atoms with E-state index in [0.717, 1.165) is 18.4 Å². The van der Waals surface area contributed by atoms with Gasteiger partial charge in [0.05, 0.1) is 6.61 Å². The number of hydrogen-bond acceptors (Lipinski definition) is 7. The zero-order chi connectivity index (χ0) is 26.2. The van der Waals surface area contributed by atoms with E-state index in [1.807, 2.05) is 36.4 Å². The van der Waals surface area contributed by atoms with E-state index in [0.29, 0.717) is 17.8 Å². The predicted molar refractivity (Wildman–Crippen MR) is 139 cm³/mol. The summed E-state index contributed by atoms with van der Waals surface area (Å²) in [6, 6.07) is 25.5. The molecule has 5 rings (SSSR count). The van der Waals surface area contributed by atoms with Crippen molar-refractivity contribution in [2.24, 2.45) is 0 Å². The number of hydrogen-bond donors (Lipinski definition) is 2. The Morgan fingerprint density at radius 1 is 0.892 bits per heavy atom. The summed E-state index contributed by atoms with van der Waals surface area (Å²) >= 11 is 0. The lowest BCUT2D eigenvalue weighted by Crippen LogP contribution is -2.43. The summed E-state index contributed by atoms with van der Waals surface area (Å²) < 4.78 is 10.8. The number of fused-ring (bicyclic) bond motifs is 2. The van der Waals surface area contributed by atoms with Crippen molar-refractivity contribution >= 4 is 11.9 Å². The average molecular weight is 504 g/mol. The zero-order valence-electron chi connectivity index (χ0n) is 20.9. The molecule has 2 unspecified atom stereocenters. The fourth-order valence-corrected chi connectivity index (χ4v) is 5.00. The topological polar surface area (TPSA) is 96.3 Å². The van der Waals surface area contributed by atoms with Gasteiger partial charge in [0, 0.05) is 12.1 Å². The SMILES string of the molecule is CN1C2CCC1CC(OC(=O)[C@H](CO)c1ccccc1)C2.O=C(Oc1ccccc1)c1ccccc1O. The van der Waals surface area contributed by atoms with Crippen molar-refractivity contribution in [2.45, 2.75) is 49.8 Å². The lowest BCUT2D eigenvalue weighted by atomic mass is 9.98. The summed E-state index contributed by atoms with van der Waals surface area (Å²) in [5, 5.41) is 19.0. The Hall–Kier alpha value is -3.68. The lowest BCUT2D eigenvalue weighted by Gasteiger charge is -2.36. The highest BCUT2D eigenvalue weighted by molar-refractivity contribution is 5.93. The van der Waals surface area contributed by atoms with Gasteiger partial charge in [-0.25, -0.2) is 4.79 Å². The van der Waals surface area contributed by atoms with E-state index in [2.05, 4.69) is 11.9 Å². The molecule has 2 N–H and O–H groups in total. The first-order valence-corrected chi connectivity index (χ1v) is 12.6. The van der Waals surface area contributed by atoms with Gasteiger partial charge in [0.15, 0.2) is 0 Å². The second kappa shape index (κ2) is 12.5. The number of carbonyl (C=O) groups excluding carboxylic acids is 2. The van der Waals surface area contributed by atoms with Crippen LogP contribution in [0.1, 0.15) is 47.5 Å². The third-order valence-electron chi connectivity index (χ3n) is 7.08. The van der Waals surface area contributed by atoms with Crippen LogP contribution in [0.5, 0.6) is 11.5 Å². The smallest absolute Gasteiger partial charge is 0.347 e. The minimum absolute atomic E-state index is 0.00367. The largest absolute Gasteiger partial charge is 0.507 e. The number of para-hydroxylation sites is 2. The van der Waals surface area contributed by atoms with Crippen LogP contribution in [0.2, 0.25) is 0 Å². The first-order chi connectivity index (χ1) is 18.0. The van der Waals surface area contributed by atoms with E-state index < -0.39 is 11.9 Å². The molecule has 0 saturated carbocycles. The molecule has 0 spiro atoms. The molecule has 2 saturated heterocycles. The molecule has 2 heterocycles. The van der Waals surface area contributed by atoms with Gasteiger partial charge in [-0.05, 0) is 62.6 Å². The number of aliphatic hydroxyl groups is 1. The van der Waals surface area contributed by atoms with E-state index in [1.54, 1.807) is 36.4 Å².